The molecule has 13 heavy (non-hydrogen) atoms. The Labute approximate surface area is 76.9 Å². The molecule has 0 amide bonds. The lowest BCUT2D eigenvalue weighted by Gasteiger charge is -2.47. The fraction of sp³-hybridized carbons (Fsp3) is 1.00. The summed E-state index contributed by atoms with van der Waals surface area (Å²) in [6.07, 6.45) is 1.28. The van der Waals surface area contributed by atoms with Gasteiger partial charge in [0.05, 0.1) is 12.2 Å². The van der Waals surface area contributed by atoms with Crippen molar-refractivity contribution < 1.29 is 10.2 Å². The van der Waals surface area contributed by atoms with Gasteiger partial charge in [0.25, 0.3) is 0 Å². The van der Waals surface area contributed by atoms with Crippen molar-refractivity contribution in [3.63, 3.8) is 0 Å². The Balaban J connectivity index is 1.83. The van der Waals surface area contributed by atoms with Crippen LogP contribution in [0.4, 0.5) is 0 Å². The van der Waals surface area contributed by atoms with E-state index in [2.05, 4.69) is 0 Å². The van der Waals surface area contributed by atoms with Crippen molar-refractivity contribution in [1.29, 1.82) is 0 Å². The van der Waals surface area contributed by atoms with E-state index in [0.717, 1.165) is 23.7 Å². The third-order valence-corrected chi connectivity index (χ3v) is 6.32. The summed E-state index contributed by atoms with van der Waals surface area (Å²) in [4.78, 5) is 0. The SMILES string of the molecule is O[C@@H]1C2C3[C@@H]4[C@H]5C[C@@H]([C@H]24)[C@@H]1[C@H]5[C@H]3O. The van der Waals surface area contributed by atoms with Gasteiger partial charge in [-0.25, -0.2) is 0 Å². The normalized spacial score (nSPS) is 85.4. The summed E-state index contributed by atoms with van der Waals surface area (Å²) >= 11 is 0. The average molecular weight is 178 g/mol. The van der Waals surface area contributed by atoms with Crippen molar-refractivity contribution in [1.82, 2.24) is 0 Å². The van der Waals surface area contributed by atoms with Gasteiger partial charge in [0.2, 0.25) is 0 Å². The van der Waals surface area contributed by atoms with E-state index in [0.29, 0.717) is 23.7 Å². The van der Waals surface area contributed by atoms with Crippen LogP contribution in [0.15, 0.2) is 0 Å². The van der Waals surface area contributed by atoms with Crippen LogP contribution >= 0.6 is 0 Å². The number of hydrogen-bond donors (Lipinski definition) is 2. The van der Waals surface area contributed by atoms with E-state index < -0.39 is 0 Å². The third-order valence-electron chi connectivity index (χ3n) is 6.32. The largest absolute Gasteiger partial charge is 0.393 e. The maximum absolute atomic E-state index is 10.1. The van der Waals surface area contributed by atoms with Crippen LogP contribution in [0.2, 0.25) is 0 Å². The Hall–Kier alpha value is -0.0800. The molecule has 5 fully saturated rings. The second-order valence-electron chi connectivity index (χ2n) is 6.01. The molecular weight excluding hydrogens is 164 g/mol. The Morgan fingerprint density at radius 2 is 1.08 bits per heavy atom. The lowest BCUT2D eigenvalue weighted by molar-refractivity contribution is -0.109. The molecule has 0 aromatic carbocycles. The van der Waals surface area contributed by atoms with Gasteiger partial charge in [-0.2, -0.15) is 0 Å². The minimum atomic E-state index is -0.0304. The molecule has 2 unspecified atom stereocenters. The molecule has 2 nitrogen and oxygen atoms in total. The lowest BCUT2D eigenvalue weighted by Crippen LogP contribution is -2.51. The molecule has 0 aliphatic heterocycles. The zero-order valence-corrected chi connectivity index (χ0v) is 7.38. The second-order valence-corrected chi connectivity index (χ2v) is 6.01. The molecule has 0 radical (unpaired) electrons. The topological polar surface area (TPSA) is 40.5 Å². The fourth-order valence-electron chi connectivity index (χ4n) is 6.44. The molecule has 0 aromatic heterocycles. The van der Waals surface area contributed by atoms with Gasteiger partial charge < -0.3 is 10.2 Å². The molecule has 0 heterocycles. The predicted molar refractivity (Wildman–Crippen MR) is 44.6 cm³/mol. The van der Waals surface area contributed by atoms with E-state index in [1.165, 1.54) is 6.42 Å². The summed E-state index contributed by atoms with van der Waals surface area (Å²) < 4.78 is 0. The van der Waals surface area contributed by atoms with Gasteiger partial charge in [-0.3, -0.25) is 0 Å². The molecule has 2 N–H and O–H groups in total. The Morgan fingerprint density at radius 3 is 1.54 bits per heavy atom. The molecule has 10 atom stereocenters. The maximum Gasteiger partial charge on any atom is 0.0609 e. The Morgan fingerprint density at radius 1 is 0.615 bits per heavy atom. The summed E-state index contributed by atoms with van der Waals surface area (Å²) in [6.45, 7) is 0. The monoisotopic (exact) mass is 178 g/mol. The Bertz CT molecular complexity index is 281. The first-order valence-electron chi connectivity index (χ1n) is 5.67. The highest BCUT2D eigenvalue weighted by Crippen LogP contribution is 2.82. The molecule has 5 aliphatic carbocycles. The van der Waals surface area contributed by atoms with Crippen LogP contribution in [-0.2, 0) is 0 Å². The third kappa shape index (κ3) is 0.375. The minimum absolute atomic E-state index is 0.0304. The molecule has 0 saturated heterocycles. The van der Waals surface area contributed by atoms with Crippen LogP contribution < -0.4 is 0 Å². The molecular formula is C11H14O2. The molecule has 2 bridgehead atoms. The highest BCUT2D eigenvalue weighted by atomic mass is 16.3. The van der Waals surface area contributed by atoms with Crippen molar-refractivity contribution in [3.8, 4) is 0 Å². The molecule has 5 aliphatic rings. The summed E-state index contributed by atoms with van der Waals surface area (Å²) in [5.74, 6) is 5.33. The summed E-state index contributed by atoms with van der Waals surface area (Å²) in [5.41, 5.74) is 0. The molecule has 0 spiro atoms. The zero-order valence-electron chi connectivity index (χ0n) is 7.38. The van der Waals surface area contributed by atoms with Gasteiger partial charge in [0.1, 0.15) is 0 Å². The maximum atomic E-state index is 10.1. The van der Waals surface area contributed by atoms with Gasteiger partial charge in [0, 0.05) is 0 Å². The summed E-state index contributed by atoms with van der Waals surface area (Å²) in [7, 11) is 0. The second kappa shape index (κ2) is 1.49. The molecule has 70 valence electrons. The number of fused-ring (bicyclic) bond motifs is 2. The van der Waals surface area contributed by atoms with Crippen LogP contribution in [0, 0.1) is 47.3 Å². The van der Waals surface area contributed by atoms with Gasteiger partial charge in [-0.15, -0.1) is 0 Å². The van der Waals surface area contributed by atoms with Crippen molar-refractivity contribution in [2.45, 2.75) is 18.6 Å². The van der Waals surface area contributed by atoms with Crippen molar-refractivity contribution in [2.75, 3.05) is 0 Å². The quantitative estimate of drug-likeness (QED) is 0.552. The summed E-state index contributed by atoms with van der Waals surface area (Å²) in [5, 5.41) is 20.2. The van der Waals surface area contributed by atoms with Gasteiger partial charge in [-0.1, -0.05) is 0 Å². The molecule has 5 saturated carbocycles. The molecule has 5 rings (SSSR count). The zero-order chi connectivity index (χ0) is 8.48. The minimum Gasteiger partial charge on any atom is -0.393 e. The van der Waals surface area contributed by atoms with E-state index in [1.54, 1.807) is 0 Å². The number of hydrogen-bond acceptors (Lipinski definition) is 2. The van der Waals surface area contributed by atoms with Crippen molar-refractivity contribution in [3.05, 3.63) is 0 Å². The summed E-state index contributed by atoms with van der Waals surface area (Å²) in [6, 6.07) is 0. The van der Waals surface area contributed by atoms with Crippen molar-refractivity contribution >= 4 is 0 Å². The Kier molecular flexibility index (Phi) is 0.733. The van der Waals surface area contributed by atoms with Gasteiger partial charge >= 0.3 is 0 Å². The van der Waals surface area contributed by atoms with Crippen molar-refractivity contribution in [2.24, 2.45) is 47.3 Å². The predicted octanol–water partition coefficient (Wildman–Crippen LogP) is 0.0959. The van der Waals surface area contributed by atoms with Gasteiger partial charge in [0.15, 0.2) is 0 Å². The van der Waals surface area contributed by atoms with Crippen LogP contribution in [0.25, 0.3) is 0 Å². The van der Waals surface area contributed by atoms with Crippen LogP contribution in [0.1, 0.15) is 6.42 Å². The smallest absolute Gasteiger partial charge is 0.0609 e. The van der Waals surface area contributed by atoms with Crippen LogP contribution in [0.5, 0.6) is 0 Å². The standard InChI is InChI=1S/C11H14O2/c12-10-6-2-1-3-5-4(2)8(10)9(5)11(13)7(3)6/h2-13H,1H2/t2-,3+,4-,5+,6+,7-,8?,9?,10-,11+. The number of aliphatic hydroxyl groups is 2. The van der Waals surface area contributed by atoms with Crippen LogP contribution in [-0.4, -0.2) is 22.4 Å². The van der Waals surface area contributed by atoms with Crippen LogP contribution in [0.3, 0.4) is 0 Å². The van der Waals surface area contributed by atoms with E-state index >= 15 is 0 Å². The number of aliphatic hydroxyl groups excluding tert-OH is 2. The molecule has 2 heteroatoms. The van der Waals surface area contributed by atoms with E-state index in [4.69, 9.17) is 0 Å². The number of rotatable bonds is 0. The van der Waals surface area contributed by atoms with Gasteiger partial charge in [-0.05, 0) is 53.8 Å². The first kappa shape index (κ1) is 6.41. The average Bonchev–Trinajstić information content (AvgIpc) is 2.52. The highest BCUT2D eigenvalue weighted by molar-refractivity contribution is 5.30. The first-order valence-corrected chi connectivity index (χ1v) is 5.67. The lowest BCUT2D eigenvalue weighted by atomic mass is 9.58. The van der Waals surface area contributed by atoms with E-state index in [9.17, 15) is 10.2 Å². The molecule has 0 aromatic rings. The first-order chi connectivity index (χ1) is 6.30. The fourth-order valence-corrected chi connectivity index (χ4v) is 6.44. The van der Waals surface area contributed by atoms with E-state index in [-0.39, 0.29) is 12.2 Å². The van der Waals surface area contributed by atoms with E-state index in [1.807, 2.05) is 0 Å². The highest BCUT2D eigenvalue weighted by Gasteiger charge is 2.83.